The molecule has 1 aromatic heterocycles. The van der Waals surface area contributed by atoms with Crippen molar-refractivity contribution >= 4 is 11.7 Å². The lowest BCUT2D eigenvalue weighted by molar-refractivity contribution is 0.0694. The Kier molecular flexibility index (Phi) is 3.48. The van der Waals surface area contributed by atoms with Gasteiger partial charge >= 0.3 is 5.97 Å². The minimum absolute atomic E-state index is 0.0300. The van der Waals surface area contributed by atoms with Crippen molar-refractivity contribution in [2.75, 3.05) is 5.32 Å². The van der Waals surface area contributed by atoms with Crippen LogP contribution in [0, 0.1) is 17.1 Å². The Hall–Kier alpha value is -2.81. The van der Waals surface area contributed by atoms with E-state index in [1.807, 2.05) is 0 Å². The SMILES string of the molecule is N#Cc1c(F)cccc1NCc1occc1C(=O)O. The first-order chi connectivity index (χ1) is 9.13. The molecule has 0 aliphatic carbocycles. The van der Waals surface area contributed by atoms with E-state index in [4.69, 9.17) is 14.8 Å². The smallest absolute Gasteiger partial charge is 0.339 e. The van der Waals surface area contributed by atoms with Crippen molar-refractivity contribution in [3.8, 4) is 6.07 Å². The first kappa shape index (κ1) is 12.6. The molecule has 2 rings (SSSR count). The van der Waals surface area contributed by atoms with Crippen LogP contribution in [0.5, 0.6) is 0 Å². The minimum atomic E-state index is -1.11. The molecule has 5 nitrogen and oxygen atoms in total. The van der Waals surface area contributed by atoms with Gasteiger partial charge in [0.05, 0.1) is 18.5 Å². The molecular weight excluding hydrogens is 251 g/mol. The highest BCUT2D eigenvalue weighted by Crippen LogP contribution is 2.19. The van der Waals surface area contributed by atoms with Gasteiger partial charge in [0.1, 0.15) is 28.8 Å². The van der Waals surface area contributed by atoms with Crippen LogP contribution in [0.2, 0.25) is 0 Å². The van der Waals surface area contributed by atoms with Crippen LogP contribution >= 0.6 is 0 Å². The van der Waals surface area contributed by atoms with Crippen molar-refractivity contribution < 1.29 is 18.7 Å². The zero-order chi connectivity index (χ0) is 13.8. The Bertz CT molecular complexity index is 658. The first-order valence-electron chi connectivity index (χ1n) is 5.35. The lowest BCUT2D eigenvalue weighted by atomic mass is 10.1. The number of rotatable bonds is 4. The van der Waals surface area contributed by atoms with Crippen LogP contribution in [0.15, 0.2) is 34.9 Å². The summed E-state index contributed by atoms with van der Waals surface area (Å²) in [4.78, 5) is 10.9. The summed E-state index contributed by atoms with van der Waals surface area (Å²) in [6, 6.07) is 7.25. The lowest BCUT2D eigenvalue weighted by Crippen LogP contribution is -2.06. The zero-order valence-corrected chi connectivity index (χ0v) is 9.68. The number of nitriles is 1. The molecular formula is C13H9FN2O3. The Morgan fingerprint density at radius 3 is 2.95 bits per heavy atom. The molecule has 0 fully saturated rings. The summed E-state index contributed by atoms with van der Waals surface area (Å²) in [5, 5.41) is 20.5. The fourth-order valence-corrected chi connectivity index (χ4v) is 1.63. The number of nitrogens with zero attached hydrogens (tertiary/aromatic N) is 1. The fourth-order valence-electron chi connectivity index (χ4n) is 1.63. The first-order valence-corrected chi connectivity index (χ1v) is 5.35. The van der Waals surface area contributed by atoms with Crippen LogP contribution in [0.25, 0.3) is 0 Å². The average molecular weight is 260 g/mol. The van der Waals surface area contributed by atoms with Gasteiger partial charge in [-0.2, -0.15) is 5.26 Å². The summed E-state index contributed by atoms with van der Waals surface area (Å²) in [5.74, 6) is -1.53. The van der Waals surface area contributed by atoms with Gasteiger partial charge in [0.2, 0.25) is 0 Å². The fraction of sp³-hybridized carbons (Fsp3) is 0.0769. The van der Waals surface area contributed by atoms with Crippen molar-refractivity contribution in [2.24, 2.45) is 0 Å². The van der Waals surface area contributed by atoms with Crippen LogP contribution < -0.4 is 5.32 Å². The molecule has 0 radical (unpaired) electrons. The Morgan fingerprint density at radius 1 is 1.47 bits per heavy atom. The summed E-state index contributed by atoms with van der Waals surface area (Å²) in [6.07, 6.45) is 1.26. The Morgan fingerprint density at radius 2 is 2.26 bits per heavy atom. The molecule has 0 aliphatic heterocycles. The molecule has 0 aliphatic rings. The number of carbonyl (C=O) groups is 1. The lowest BCUT2D eigenvalue weighted by Gasteiger charge is -2.07. The zero-order valence-electron chi connectivity index (χ0n) is 9.68. The summed E-state index contributed by atoms with van der Waals surface area (Å²) in [6.45, 7) is 0.0484. The van der Waals surface area contributed by atoms with Crippen LogP contribution in [0.4, 0.5) is 10.1 Å². The number of carboxylic acid groups (broad SMARTS) is 1. The van der Waals surface area contributed by atoms with Crippen molar-refractivity contribution in [2.45, 2.75) is 6.54 Å². The maximum absolute atomic E-state index is 13.3. The third kappa shape index (κ3) is 2.55. The Labute approximate surface area is 107 Å². The van der Waals surface area contributed by atoms with Gasteiger partial charge in [0.15, 0.2) is 0 Å². The molecule has 0 amide bonds. The van der Waals surface area contributed by atoms with Crippen LogP contribution in [0.1, 0.15) is 21.7 Å². The van der Waals surface area contributed by atoms with Crippen LogP contribution in [-0.4, -0.2) is 11.1 Å². The minimum Gasteiger partial charge on any atom is -0.478 e. The molecule has 0 unspecified atom stereocenters. The van der Waals surface area contributed by atoms with Gasteiger partial charge in [-0.25, -0.2) is 9.18 Å². The molecule has 2 aromatic rings. The monoisotopic (exact) mass is 260 g/mol. The van der Waals surface area contributed by atoms with E-state index in [9.17, 15) is 9.18 Å². The number of hydrogen-bond donors (Lipinski definition) is 2. The van der Waals surface area contributed by atoms with Gasteiger partial charge in [-0.15, -0.1) is 0 Å². The highest BCUT2D eigenvalue weighted by atomic mass is 19.1. The molecule has 1 heterocycles. The van der Waals surface area contributed by atoms with Gasteiger partial charge in [-0.1, -0.05) is 6.07 Å². The molecule has 96 valence electrons. The number of benzene rings is 1. The summed E-state index contributed by atoms with van der Waals surface area (Å²) < 4.78 is 18.4. The van der Waals surface area contributed by atoms with Gasteiger partial charge in [0.25, 0.3) is 0 Å². The predicted octanol–water partition coefficient (Wildman–Crippen LogP) is 2.60. The number of hydrogen-bond acceptors (Lipinski definition) is 4. The second kappa shape index (κ2) is 5.23. The molecule has 0 spiro atoms. The summed E-state index contributed by atoms with van der Waals surface area (Å²) >= 11 is 0. The maximum Gasteiger partial charge on any atom is 0.339 e. The quantitative estimate of drug-likeness (QED) is 0.882. The second-order valence-corrected chi connectivity index (χ2v) is 3.69. The summed E-state index contributed by atoms with van der Waals surface area (Å²) in [5.41, 5.74) is 0.198. The van der Waals surface area contributed by atoms with Crippen molar-refractivity contribution in [1.29, 1.82) is 5.26 Å². The third-order valence-electron chi connectivity index (χ3n) is 2.54. The van der Waals surface area contributed by atoms with Gasteiger partial charge in [0, 0.05) is 0 Å². The normalized spacial score (nSPS) is 9.89. The van der Waals surface area contributed by atoms with Crippen LogP contribution in [0.3, 0.4) is 0 Å². The number of halogens is 1. The van der Waals surface area contributed by atoms with Crippen molar-refractivity contribution in [3.05, 3.63) is 53.2 Å². The predicted molar refractivity (Wildman–Crippen MR) is 64.1 cm³/mol. The highest BCUT2D eigenvalue weighted by Gasteiger charge is 2.14. The topological polar surface area (TPSA) is 86.3 Å². The molecule has 0 saturated heterocycles. The summed E-state index contributed by atoms with van der Waals surface area (Å²) in [7, 11) is 0. The van der Waals surface area contributed by atoms with Crippen molar-refractivity contribution in [1.82, 2.24) is 0 Å². The number of nitrogens with one attached hydrogen (secondary N) is 1. The largest absolute Gasteiger partial charge is 0.478 e. The van der Waals surface area contributed by atoms with Crippen LogP contribution in [-0.2, 0) is 6.54 Å². The third-order valence-corrected chi connectivity index (χ3v) is 2.54. The Balaban J connectivity index is 2.20. The van der Waals surface area contributed by atoms with E-state index in [0.717, 1.165) is 0 Å². The number of carboxylic acids is 1. The molecule has 19 heavy (non-hydrogen) atoms. The number of aromatic carboxylic acids is 1. The van der Waals surface area contributed by atoms with E-state index < -0.39 is 11.8 Å². The highest BCUT2D eigenvalue weighted by molar-refractivity contribution is 5.88. The second-order valence-electron chi connectivity index (χ2n) is 3.69. The van der Waals surface area contributed by atoms with E-state index >= 15 is 0 Å². The van der Waals surface area contributed by atoms with Gasteiger partial charge in [-0.3, -0.25) is 0 Å². The van der Waals surface area contributed by atoms with E-state index in [2.05, 4.69) is 5.32 Å². The van der Waals surface area contributed by atoms with E-state index in [1.54, 1.807) is 6.07 Å². The average Bonchev–Trinajstić information content (AvgIpc) is 2.84. The van der Waals surface area contributed by atoms with E-state index in [-0.39, 0.29) is 29.1 Å². The molecule has 0 bridgehead atoms. The molecule has 0 saturated carbocycles. The number of furan rings is 1. The molecule has 6 heteroatoms. The molecule has 0 atom stereocenters. The van der Waals surface area contributed by atoms with Crippen molar-refractivity contribution in [3.63, 3.8) is 0 Å². The number of anilines is 1. The van der Waals surface area contributed by atoms with Gasteiger partial charge < -0.3 is 14.8 Å². The molecule has 2 N–H and O–H groups in total. The van der Waals surface area contributed by atoms with E-state index in [1.165, 1.54) is 30.5 Å². The molecule has 1 aromatic carbocycles. The van der Waals surface area contributed by atoms with E-state index in [0.29, 0.717) is 0 Å². The maximum atomic E-state index is 13.3. The standard InChI is InChI=1S/C13H9FN2O3/c14-10-2-1-3-11(9(10)6-15)16-7-12-8(13(17)18)4-5-19-12/h1-5,16H,7H2,(H,17,18). The van der Waals surface area contributed by atoms with Gasteiger partial charge in [-0.05, 0) is 18.2 Å².